The molecule has 0 saturated carbocycles. The number of benzene rings is 1. The molecule has 1 saturated heterocycles. The van der Waals surface area contributed by atoms with Crippen LogP contribution in [0.3, 0.4) is 0 Å². The summed E-state index contributed by atoms with van der Waals surface area (Å²) in [5.74, 6) is -0.904. The van der Waals surface area contributed by atoms with Crippen molar-refractivity contribution in [2.24, 2.45) is 0 Å². The lowest BCUT2D eigenvalue weighted by atomic mass is 9.83. The van der Waals surface area contributed by atoms with Gasteiger partial charge in [-0.2, -0.15) is 0 Å². The molecule has 1 aromatic carbocycles. The number of carboxylic acid groups (broad SMARTS) is 1. The lowest BCUT2D eigenvalue weighted by Crippen LogP contribution is -2.40. The topological polar surface area (TPSA) is 60.8 Å². The summed E-state index contributed by atoms with van der Waals surface area (Å²) in [6, 6.07) is 5.23. The molecule has 1 aromatic rings. The Kier molecular flexibility index (Phi) is 3.92. The third kappa shape index (κ3) is 2.80. The molecule has 19 heavy (non-hydrogen) atoms. The molecule has 4 heteroatoms. The van der Waals surface area contributed by atoms with Crippen LogP contribution in [0.25, 0.3) is 0 Å². The van der Waals surface area contributed by atoms with Crippen LogP contribution in [0.5, 0.6) is 0 Å². The number of aryl methyl sites for hydroxylation is 1. The normalized spacial score (nSPS) is 19.3. The maximum absolute atomic E-state index is 11.1. The Morgan fingerprint density at radius 2 is 2.00 bits per heavy atom. The SMILES string of the molecule is CCc1cc(C2(O)CCN(C)CC2)ccc1C(=O)O. The molecule has 0 radical (unpaired) electrons. The molecule has 104 valence electrons. The van der Waals surface area contributed by atoms with Gasteiger partial charge in [0, 0.05) is 13.1 Å². The van der Waals surface area contributed by atoms with E-state index < -0.39 is 11.6 Å². The van der Waals surface area contributed by atoms with Gasteiger partial charge in [0.15, 0.2) is 0 Å². The summed E-state index contributed by atoms with van der Waals surface area (Å²) in [4.78, 5) is 13.3. The predicted octanol–water partition coefficient (Wildman–Crippen LogP) is 1.86. The Balaban J connectivity index is 2.33. The van der Waals surface area contributed by atoms with E-state index in [9.17, 15) is 9.90 Å². The summed E-state index contributed by atoms with van der Waals surface area (Å²) < 4.78 is 0. The Morgan fingerprint density at radius 1 is 1.37 bits per heavy atom. The van der Waals surface area contributed by atoms with Crippen LogP contribution in [0.15, 0.2) is 18.2 Å². The van der Waals surface area contributed by atoms with Crippen molar-refractivity contribution in [3.05, 3.63) is 34.9 Å². The fraction of sp³-hybridized carbons (Fsp3) is 0.533. The van der Waals surface area contributed by atoms with Gasteiger partial charge in [-0.3, -0.25) is 0 Å². The number of rotatable bonds is 3. The van der Waals surface area contributed by atoms with Crippen molar-refractivity contribution in [3.8, 4) is 0 Å². The molecule has 0 amide bonds. The zero-order chi connectivity index (χ0) is 14.0. The maximum Gasteiger partial charge on any atom is 0.335 e. The van der Waals surface area contributed by atoms with E-state index in [1.54, 1.807) is 12.1 Å². The van der Waals surface area contributed by atoms with E-state index in [-0.39, 0.29) is 0 Å². The van der Waals surface area contributed by atoms with Crippen LogP contribution in [-0.4, -0.2) is 41.2 Å². The molecule has 1 aliphatic rings. The summed E-state index contributed by atoms with van der Waals surface area (Å²) >= 11 is 0. The van der Waals surface area contributed by atoms with Crippen molar-refractivity contribution in [2.45, 2.75) is 31.8 Å². The zero-order valence-corrected chi connectivity index (χ0v) is 11.5. The Bertz CT molecular complexity index is 476. The van der Waals surface area contributed by atoms with Gasteiger partial charge in [0.1, 0.15) is 0 Å². The molecule has 0 bridgehead atoms. The smallest absolute Gasteiger partial charge is 0.335 e. The second kappa shape index (κ2) is 5.31. The van der Waals surface area contributed by atoms with Gasteiger partial charge in [-0.1, -0.05) is 19.1 Å². The molecule has 2 N–H and O–H groups in total. The van der Waals surface area contributed by atoms with Gasteiger partial charge >= 0.3 is 5.97 Å². The average Bonchev–Trinajstić information content (AvgIpc) is 2.41. The molecule has 0 aromatic heterocycles. The second-order valence-corrected chi connectivity index (χ2v) is 5.37. The molecule has 1 fully saturated rings. The van der Waals surface area contributed by atoms with E-state index in [1.165, 1.54) is 0 Å². The summed E-state index contributed by atoms with van der Waals surface area (Å²) in [7, 11) is 2.05. The number of carbonyl (C=O) groups is 1. The zero-order valence-electron chi connectivity index (χ0n) is 11.5. The van der Waals surface area contributed by atoms with Crippen LogP contribution in [0.1, 0.15) is 41.3 Å². The summed E-state index contributed by atoms with van der Waals surface area (Å²) in [6.07, 6.45) is 2.05. The molecule has 0 spiro atoms. The third-order valence-electron chi connectivity index (χ3n) is 4.07. The highest BCUT2D eigenvalue weighted by molar-refractivity contribution is 5.89. The van der Waals surface area contributed by atoms with Crippen LogP contribution in [0.4, 0.5) is 0 Å². The molecule has 1 aliphatic heterocycles. The van der Waals surface area contributed by atoms with Gasteiger partial charge in [-0.05, 0) is 43.5 Å². The fourth-order valence-electron chi connectivity index (χ4n) is 2.66. The van der Waals surface area contributed by atoms with E-state index >= 15 is 0 Å². The Labute approximate surface area is 113 Å². The molecule has 4 nitrogen and oxygen atoms in total. The molecule has 0 aliphatic carbocycles. The number of carboxylic acids is 1. The maximum atomic E-state index is 11.1. The van der Waals surface area contributed by atoms with Crippen LogP contribution < -0.4 is 0 Å². The minimum absolute atomic E-state index is 0.336. The molecule has 1 heterocycles. The van der Waals surface area contributed by atoms with E-state index in [4.69, 9.17) is 5.11 Å². The van der Waals surface area contributed by atoms with Gasteiger partial charge in [-0.25, -0.2) is 4.79 Å². The van der Waals surface area contributed by atoms with Gasteiger partial charge < -0.3 is 15.1 Å². The first-order chi connectivity index (χ1) is 8.96. The highest BCUT2D eigenvalue weighted by atomic mass is 16.4. The highest BCUT2D eigenvalue weighted by Gasteiger charge is 2.33. The van der Waals surface area contributed by atoms with Crippen LogP contribution >= 0.6 is 0 Å². The minimum Gasteiger partial charge on any atom is -0.478 e. The number of hydrogen-bond acceptors (Lipinski definition) is 3. The fourth-order valence-corrected chi connectivity index (χ4v) is 2.66. The Morgan fingerprint density at radius 3 is 2.53 bits per heavy atom. The van der Waals surface area contributed by atoms with E-state index in [1.807, 2.05) is 20.0 Å². The molecular weight excluding hydrogens is 242 g/mol. The van der Waals surface area contributed by atoms with Crippen molar-refractivity contribution in [1.82, 2.24) is 4.90 Å². The van der Waals surface area contributed by atoms with Crippen LogP contribution in [0.2, 0.25) is 0 Å². The quantitative estimate of drug-likeness (QED) is 0.874. The van der Waals surface area contributed by atoms with Crippen LogP contribution in [0, 0.1) is 0 Å². The van der Waals surface area contributed by atoms with Crippen molar-refractivity contribution >= 4 is 5.97 Å². The Hall–Kier alpha value is -1.39. The summed E-state index contributed by atoms with van der Waals surface area (Å²) in [6.45, 7) is 3.65. The first-order valence-corrected chi connectivity index (χ1v) is 6.74. The second-order valence-electron chi connectivity index (χ2n) is 5.37. The molecule has 0 atom stereocenters. The lowest BCUT2D eigenvalue weighted by Gasteiger charge is -2.37. The van der Waals surface area contributed by atoms with E-state index in [0.717, 1.165) is 24.2 Å². The summed E-state index contributed by atoms with van der Waals surface area (Å²) in [5.41, 5.74) is 1.16. The number of aliphatic hydroxyl groups is 1. The lowest BCUT2D eigenvalue weighted by molar-refractivity contribution is -0.0203. The van der Waals surface area contributed by atoms with Gasteiger partial charge in [0.2, 0.25) is 0 Å². The number of aromatic carboxylic acids is 1. The molecular formula is C15H21NO3. The van der Waals surface area contributed by atoms with Crippen LogP contribution in [-0.2, 0) is 12.0 Å². The van der Waals surface area contributed by atoms with Gasteiger partial charge in [0.05, 0.1) is 11.2 Å². The third-order valence-corrected chi connectivity index (χ3v) is 4.07. The number of nitrogens with zero attached hydrogens (tertiary/aromatic N) is 1. The van der Waals surface area contributed by atoms with E-state index in [2.05, 4.69) is 4.90 Å². The number of hydrogen-bond donors (Lipinski definition) is 2. The number of piperidine rings is 1. The first kappa shape index (κ1) is 14.0. The van der Waals surface area contributed by atoms with Crippen molar-refractivity contribution in [1.29, 1.82) is 0 Å². The first-order valence-electron chi connectivity index (χ1n) is 6.74. The van der Waals surface area contributed by atoms with E-state index in [0.29, 0.717) is 24.8 Å². The minimum atomic E-state index is -0.904. The largest absolute Gasteiger partial charge is 0.478 e. The predicted molar refractivity (Wildman–Crippen MR) is 73.4 cm³/mol. The standard InChI is InChI=1S/C15H21NO3/c1-3-11-10-12(4-5-13(11)14(17)18)15(19)6-8-16(2)9-7-15/h4-5,10,19H,3,6-9H2,1-2H3,(H,17,18). The highest BCUT2D eigenvalue weighted by Crippen LogP contribution is 2.33. The summed E-state index contributed by atoms with van der Waals surface area (Å²) in [5, 5.41) is 19.9. The number of likely N-dealkylation sites (tertiary alicyclic amines) is 1. The van der Waals surface area contributed by atoms with Gasteiger partial charge in [0.25, 0.3) is 0 Å². The molecule has 0 unspecified atom stereocenters. The monoisotopic (exact) mass is 263 g/mol. The average molecular weight is 263 g/mol. The van der Waals surface area contributed by atoms with Crippen molar-refractivity contribution < 1.29 is 15.0 Å². The van der Waals surface area contributed by atoms with Gasteiger partial charge in [-0.15, -0.1) is 0 Å². The van der Waals surface area contributed by atoms with Crippen molar-refractivity contribution in [3.63, 3.8) is 0 Å². The van der Waals surface area contributed by atoms with Crippen molar-refractivity contribution in [2.75, 3.05) is 20.1 Å². The molecule has 2 rings (SSSR count).